The molecule has 0 bridgehead atoms. The smallest absolute Gasteiger partial charge is 0.268 e. The molecule has 0 aliphatic carbocycles. The van der Waals surface area contributed by atoms with Crippen molar-refractivity contribution in [2.45, 2.75) is 20.0 Å². The molecule has 174 valence electrons. The van der Waals surface area contributed by atoms with Crippen LogP contribution in [-0.2, 0) is 6.18 Å². The Bertz CT molecular complexity index is 1350. The van der Waals surface area contributed by atoms with Gasteiger partial charge < -0.3 is 0 Å². The molecule has 3 aromatic carbocycles. The number of thiazole rings is 1. The summed E-state index contributed by atoms with van der Waals surface area (Å²) in [7, 11) is 0. The Balaban J connectivity index is 1.93. The standard InChI is InChI=1S/C25H17ClF4N2OS/c1-14-3-12-20(15(2)13-14)32(23(33)17-6-10-19(27)11-7-17)24-31-22(25(28,29)30)21(34-24)16-4-8-18(26)9-5-16/h3-13H,1-2H3. The second-order valence-corrected chi connectivity index (χ2v) is 9.03. The van der Waals surface area contributed by atoms with E-state index in [1.54, 1.807) is 19.1 Å². The van der Waals surface area contributed by atoms with Crippen LogP contribution in [0.3, 0.4) is 0 Å². The number of rotatable bonds is 4. The number of alkyl halides is 3. The quantitative estimate of drug-likeness (QED) is 0.262. The Labute approximate surface area is 202 Å². The molecular weight excluding hydrogens is 488 g/mol. The summed E-state index contributed by atoms with van der Waals surface area (Å²) in [6, 6.07) is 16.0. The van der Waals surface area contributed by atoms with Crippen LogP contribution in [0.4, 0.5) is 28.4 Å². The average Bonchev–Trinajstić information content (AvgIpc) is 3.22. The molecule has 0 N–H and O–H groups in total. The van der Waals surface area contributed by atoms with E-state index in [-0.39, 0.29) is 21.1 Å². The number of aromatic nitrogens is 1. The molecule has 0 spiro atoms. The first-order valence-corrected chi connectivity index (χ1v) is 11.3. The van der Waals surface area contributed by atoms with Gasteiger partial charge in [0.2, 0.25) is 0 Å². The summed E-state index contributed by atoms with van der Waals surface area (Å²) in [5.41, 5.74) is 1.26. The van der Waals surface area contributed by atoms with Crippen molar-refractivity contribution in [1.29, 1.82) is 0 Å². The Morgan fingerprint density at radius 2 is 1.62 bits per heavy atom. The Morgan fingerprint density at radius 1 is 0.971 bits per heavy atom. The van der Waals surface area contributed by atoms with Gasteiger partial charge in [-0.25, -0.2) is 9.37 Å². The van der Waals surface area contributed by atoms with Crippen molar-refractivity contribution in [2.24, 2.45) is 0 Å². The van der Waals surface area contributed by atoms with Gasteiger partial charge in [0.25, 0.3) is 5.91 Å². The molecule has 0 aliphatic rings. The lowest BCUT2D eigenvalue weighted by Gasteiger charge is -2.22. The van der Waals surface area contributed by atoms with Crippen LogP contribution in [0.1, 0.15) is 27.2 Å². The van der Waals surface area contributed by atoms with Crippen LogP contribution in [0.15, 0.2) is 66.7 Å². The molecule has 4 aromatic rings. The van der Waals surface area contributed by atoms with Crippen LogP contribution in [0.25, 0.3) is 10.4 Å². The fourth-order valence-corrected chi connectivity index (χ4v) is 4.70. The van der Waals surface area contributed by atoms with Gasteiger partial charge in [0, 0.05) is 10.6 Å². The third-order valence-electron chi connectivity index (χ3n) is 5.07. The van der Waals surface area contributed by atoms with Crippen molar-refractivity contribution < 1.29 is 22.4 Å². The molecule has 0 fully saturated rings. The number of anilines is 2. The Kier molecular flexibility index (Phi) is 6.47. The van der Waals surface area contributed by atoms with Crippen LogP contribution in [0.5, 0.6) is 0 Å². The number of nitrogens with zero attached hydrogens (tertiary/aromatic N) is 2. The third kappa shape index (κ3) is 4.83. The van der Waals surface area contributed by atoms with Crippen molar-refractivity contribution in [1.82, 2.24) is 4.98 Å². The molecule has 0 atom stereocenters. The van der Waals surface area contributed by atoms with E-state index in [9.17, 15) is 22.4 Å². The zero-order valence-electron chi connectivity index (χ0n) is 18.0. The minimum atomic E-state index is -4.75. The first kappa shape index (κ1) is 23.9. The van der Waals surface area contributed by atoms with E-state index in [1.807, 2.05) is 13.0 Å². The second kappa shape index (κ2) is 9.19. The number of halogens is 5. The van der Waals surface area contributed by atoms with Crippen LogP contribution in [0, 0.1) is 19.7 Å². The summed E-state index contributed by atoms with van der Waals surface area (Å²) in [4.78, 5) is 18.4. The lowest BCUT2D eigenvalue weighted by molar-refractivity contribution is -0.140. The summed E-state index contributed by atoms with van der Waals surface area (Å²) >= 11 is 6.65. The van der Waals surface area contributed by atoms with Gasteiger partial charge in [-0.2, -0.15) is 13.2 Å². The summed E-state index contributed by atoms with van der Waals surface area (Å²) in [5, 5.41) is 0.226. The molecule has 1 heterocycles. The fourth-order valence-electron chi connectivity index (χ4n) is 3.47. The second-order valence-electron chi connectivity index (χ2n) is 7.62. The first-order valence-electron chi connectivity index (χ1n) is 10.1. The molecule has 9 heteroatoms. The number of amides is 1. The van der Waals surface area contributed by atoms with Crippen molar-refractivity contribution in [3.05, 3.63) is 100.0 Å². The largest absolute Gasteiger partial charge is 0.434 e. The zero-order valence-corrected chi connectivity index (χ0v) is 19.5. The molecule has 0 unspecified atom stereocenters. The highest BCUT2D eigenvalue weighted by Gasteiger charge is 2.39. The van der Waals surface area contributed by atoms with Crippen LogP contribution in [0.2, 0.25) is 5.02 Å². The molecule has 0 aliphatic heterocycles. The van der Waals surface area contributed by atoms with E-state index >= 15 is 0 Å². The lowest BCUT2D eigenvalue weighted by atomic mass is 10.1. The highest BCUT2D eigenvalue weighted by atomic mass is 35.5. The molecule has 1 amide bonds. The number of carbonyl (C=O) groups excluding carboxylic acids is 1. The van der Waals surface area contributed by atoms with Crippen molar-refractivity contribution in [3.63, 3.8) is 0 Å². The molecule has 0 saturated heterocycles. The van der Waals surface area contributed by atoms with Gasteiger partial charge in [0.05, 0.1) is 10.6 Å². The van der Waals surface area contributed by atoms with E-state index in [4.69, 9.17) is 11.6 Å². The van der Waals surface area contributed by atoms with Gasteiger partial charge in [-0.05, 0) is 67.4 Å². The number of carbonyl (C=O) groups is 1. The number of hydrogen-bond donors (Lipinski definition) is 0. The molecule has 3 nitrogen and oxygen atoms in total. The van der Waals surface area contributed by atoms with Crippen LogP contribution in [-0.4, -0.2) is 10.9 Å². The summed E-state index contributed by atoms with van der Waals surface area (Å²) in [5.74, 6) is -1.16. The Morgan fingerprint density at radius 3 is 2.21 bits per heavy atom. The summed E-state index contributed by atoms with van der Waals surface area (Å²) in [6.07, 6.45) is -4.75. The van der Waals surface area contributed by atoms with Crippen molar-refractivity contribution in [2.75, 3.05) is 4.90 Å². The van der Waals surface area contributed by atoms with E-state index < -0.39 is 23.6 Å². The van der Waals surface area contributed by atoms with Gasteiger partial charge >= 0.3 is 6.18 Å². The monoisotopic (exact) mass is 504 g/mol. The molecular formula is C25H17ClF4N2OS. The summed E-state index contributed by atoms with van der Waals surface area (Å²) in [6.45, 7) is 3.62. The highest BCUT2D eigenvalue weighted by molar-refractivity contribution is 7.19. The van der Waals surface area contributed by atoms with Gasteiger partial charge in [-0.1, -0.05) is 52.8 Å². The van der Waals surface area contributed by atoms with E-state index in [1.165, 1.54) is 36.4 Å². The molecule has 0 saturated carbocycles. The molecule has 1 aromatic heterocycles. The van der Waals surface area contributed by atoms with Gasteiger partial charge in [-0.3, -0.25) is 9.69 Å². The fraction of sp³-hybridized carbons (Fsp3) is 0.120. The van der Waals surface area contributed by atoms with E-state index in [2.05, 4.69) is 4.98 Å². The average molecular weight is 505 g/mol. The van der Waals surface area contributed by atoms with Gasteiger partial charge in [-0.15, -0.1) is 0 Å². The van der Waals surface area contributed by atoms with Crippen molar-refractivity contribution >= 4 is 39.7 Å². The van der Waals surface area contributed by atoms with Crippen molar-refractivity contribution in [3.8, 4) is 10.4 Å². The van der Waals surface area contributed by atoms with E-state index in [0.717, 1.165) is 33.9 Å². The maximum atomic E-state index is 14.0. The maximum absolute atomic E-state index is 14.0. The lowest BCUT2D eigenvalue weighted by Crippen LogP contribution is -2.27. The number of hydrogen-bond acceptors (Lipinski definition) is 3. The predicted octanol–water partition coefficient (Wildman–Crippen LogP) is 8.22. The Hall–Kier alpha value is -3.23. The minimum absolute atomic E-state index is 0.109. The van der Waals surface area contributed by atoms with Gasteiger partial charge in [0.1, 0.15) is 5.82 Å². The topological polar surface area (TPSA) is 33.2 Å². The SMILES string of the molecule is Cc1ccc(N(C(=O)c2ccc(F)cc2)c2nc(C(F)(F)F)c(-c3ccc(Cl)cc3)s2)c(C)c1. The van der Waals surface area contributed by atoms with E-state index in [0.29, 0.717) is 16.3 Å². The maximum Gasteiger partial charge on any atom is 0.434 e. The van der Waals surface area contributed by atoms with Crippen LogP contribution < -0.4 is 4.90 Å². The summed E-state index contributed by atoms with van der Waals surface area (Å²) < 4.78 is 55.3. The number of benzene rings is 3. The number of aryl methyl sites for hydroxylation is 2. The van der Waals surface area contributed by atoms with Gasteiger partial charge in [0.15, 0.2) is 10.8 Å². The highest BCUT2D eigenvalue weighted by Crippen LogP contribution is 2.45. The molecule has 4 rings (SSSR count). The minimum Gasteiger partial charge on any atom is -0.268 e. The van der Waals surface area contributed by atoms with Crippen LogP contribution >= 0.6 is 22.9 Å². The normalized spacial score (nSPS) is 11.5. The zero-order chi connectivity index (χ0) is 24.6. The first-order chi connectivity index (χ1) is 16.0. The molecule has 34 heavy (non-hydrogen) atoms. The molecule has 0 radical (unpaired) electrons. The predicted molar refractivity (Wildman–Crippen MR) is 126 cm³/mol. The third-order valence-corrected chi connectivity index (χ3v) is 6.41.